The highest BCUT2D eigenvalue weighted by Gasteiger charge is 2.15. The topological polar surface area (TPSA) is 18.5 Å². The van der Waals surface area contributed by atoms with Crippen LogP contribution in [0.5, 0.6) is 11.5 Å². The van der Waals surface area contributed by atoms with E-state index < -0.39 is 0 Å². The Morgan fingerprint density at radius 3 is 2.85 bits per heavy atom. The molecule has 70 valence electrons. The molecule has 1 aliphatic rings. The van der Waals surface area contributed by atoms with E-state index in [2.05, 4.69) is 12.6 Å². The molecular formula is C9H9ClO2S. The van der Waals surface area contributed by atoms with Gasteiger partial charge in [0.2, 0.25) is 0 Å². The first kappa shape index (κ1) is 9.03. The van der Waals surface area contributed by atoms with Gasteiger partial charge >= 0.3 is 0 Å². The van der Waals surface area contributed by atoms with Crippen molar-refractivity contribution in [1.29, 1.82) is 0 Å². The molecular weight excluding hydrogens is 208 g/mol. The summed E-state index contributed by atoms with van der Waals surface area (Å²) >= 11 is 10.2. The highest BCUT2D eigenvalue weighted by Crippen LogP contribution is 2.38. The van der Waals surface area contributed by atoms with E-state index in [4.69, 9.17) is 21.1 Å². The summed E-state index contributed by atoms with van der Waals surface area (Å²) < 4.78 is 10.8. The first-order valence-corrected chi connectivity index (χ1v) is 5.01. The molecule has 0 unspecified atom stereocenters. The zero-order valence-corrected chi connectivity index (χ0v) is 8.57. The fourth-order valence-electron chi connectivity index (χ4n) is 1.26. The van der Waals surface area contributed by atoms with Crippen molar-refractivity contribution in [1.82, 2.24) is 0 Å². The third kappa shape index (κ3) is 1.71. The SMILES string of the molecule is SCc1cc(Cl)c2c(c1)OCCO2. The minimum absolute atomic E-state index is 0.562. The summed E-state index contributed by atoms with van der Waals surface area (Å²) in [6, 6.07) is 3.76. The number of hydrogen-bond acceptors (Lipinski definition) is 3. The van der Waals surface area contributed by atoms with Gasteiger partial charge in [-0.3, -0.25) is 0 Å². The van der Waals surface area contributed by atoms with Crippen molar-refractivity contribution in [2.45, 2.75) is 5.75 Å². The zero-order chi connectivity index (χ0) is 9.26. The van der Waals surface area contributed by atoms with E-state index in [-0.39, 0.29) is 0 Å². The Hall–Kier alpha value is -0.540. The van der Waals surface area contributed by atoms with Gasteiger partial charge in [0.25, 0.3) is 0 Å². The average molecular weight is 217 g/mol. The van der Waals surface area contributed by atoms with Crippen LogP contribution >= 0.6 is 24.2 Å². The zero-order valence-electron chi connectivity index (χ0n) is 6.92. The minimum Gasteiger partial charge on any atom is -0.486 e. The van der Waals surface area contributed by atoms with E-state index in [9.17, 15) is 0 Å². The van der Waals surface area contributed by atoms with Gasteiger partial charge in [-0.05, 0) is 17.7 Å². The average Bonchev–Trinajstić information content (AvgIpc) is 2.18. The van der Waals surface area contributed by atoms with Crippen LogP contribution in [0.15, 0.2) is 12.1 Å². The van der Waals surface area contributed by atoms with Gasteiger partial charge in [0.1, 0.15) is 13.2 Å². The van der Waals surface area contributed by atoms with Gasteiger partial charge in [-0.15, -0.1) is 0 Å². The fraction of sp³-hybridized carbons (Fsp3) is 0.333. The van der Waals surface area contributed by atoms with Gasteiger partial charge in [0.05, 0.1) is 5.02 Å². The van der Waals surface area contributed by atoms with Crippen LogP contribution in [0, 0.1) is 0 Å². The first-order valence-electron chi connectivity index (χ1n) is 4.00. The Morgan fingerprint density at radius 2 is 2.08 bits per heavy atom. The molecule has 0 spiro atoms. The smallest absolute Gasteiger partial charge is 0.179 e. The van der Waals surface area contributed by atoms with E-state index in [1.165, 1.54) is 0 Å². The second kappa shape index (κ2) is 3.68. The molecule has 0 saturated heterocycles. The largest absolute Gasteiger partial charge is 0.486 e. The molecule has 1 aliphatic heterocycles. The summed E-state index contributed by atoms with van der Waals surface area (Å²) in [7, 11) is 0. The number of benzene rings is 1. The van der Waals surface area contributed by atoms with E-state index in [1.807, 2.05) is 12.1 Å². The van der Waals surface area contributed by atoms with Crippen molar-refractivity contribution < 1.29 is 9.47 Å². The summed E-state index contributed by atoms with van der Waals surface area (Å²) in [6.45, 7) is 1.15. The maximum Gasteiger partial charge on any atom is 0.179 e. The van der Waals surface area contributed by atoms with E-state index >= 15 is 0 Å². The van der Waals surface area contributed by atoms with E-state index in [0.717, 1.165) is 11.3 Å². The first-order chi connectivity index (χ1) is 6.31. The Morgan fingerprint density at radius 1 is 1.31 bits per heavy atom. The van der Waals surface area contributed by atoms with Crippen molar-refractivity contribution in [2.75, 3.05) is 13.2 Å². The van der Waals surface area contributed by atoms with Gasteiger partial charge in [0.15, 0.2) is 11.5 Å². The third-order valence-electron chi connectivity index (χ3n) is 1.84. The molecule has 0 fully saturated rings. The number of rotatable bonds is 1. The molecule has 0 amide bonds. The number of ether oxygens (including phenoxy) is 2. The van der Waals surface area contributed by atoms with Crippen molar-refractivity contribution in [3.8, 4) is 11.5 Å². The van der Waals surface area contributed by atoms with Crippen LogP contribution in [0.4, 0.5) is 0 Å². The van der Waals surface area contributed by atoms with Crippen LogP contribution in [-0.2, 0) is 5.75 Å². The van der Waals surface area contributed by atoms with Gasteiger partial charge < -0.3 is 9.47 Å². The molecule has 13 heavy (non-hydrogen) atoms. The van der Waals surface area contributed by atoms with Gasteiger partial charge in [-0.25, -0.2) is 0 Å². The molecule has 0 saturated carbocycles. The lowest BCUT2D eigenvalue weighted by Crippen LogP contribution is -2.15. The number of halogens is 1. The fourth-order valence-corrected chi connectivity index (χ4v) is 1.73. The number of fused-ring (bicyclic) bond motifs is 1. The monoisotopic (exact) mass is 216 g/mol. The molecule has 0 N–H and O–H groups in total. The van der Waals surface area contributed by atoms with Crippen molar-refractivity contribution in [3.05, 3.63) is 22.7 Å². The molecule has 1 aromatic rings. The predicted octanol–water partition coefficient (Wildman–Crippen LogP) is 2.54. The maximum atomic E-state index is 5.99. The molecule has 1 aromatic carbocycles. The van der Waals surface area contributed by atoms with E-state index in [1.54, 1.807) is 0 Å². The van der Waals surface area contributed by atoms with Crippen LogP contribution in [-0.4, -0.2) is 13.2 Å². The lowest BCUT2D eigenvalue weighted by atomic mass is 10.2. The summed E-state index contributed by atoms with van der Waals surface area (Å²) in [5.74, 6) is 2.03. The lowest BCUT2D eigenvalue weighted by Gasteiger charge is -2.19. The minimum atomic E-state index is 0.562. The van der Waals surface area contributed by atoms with Crippen LogP contribution in [0.3, 0.4) is 0 Å². The van der Waals surface area contributed by atoms with Gasteiger partial charge in [-0.1, -0.05) is 11.6 Å². The molecule has 0 atom stereocenters. The lowest BCUT2D eigenvalue weighted by molar-refractivity contribution is 0.171. The second-order valence-electron chi connectivity index (χ2n) is 2.76. The van der Waals surface area contributed by atoms with Crippen LogP contribution in [0.1, 0.15) is 5.56 Å². The Balaban J connectivity index is 2.47. The van der Waals surface area contributed by atoms with E-state index in [0.29, 0.717) is 29.7 Å². The van der Waals surface area contributed by atoms with Crippen LogP contribution in [0.25, 0.3) is 0 Å². The van der Waals surface area contributed by atoms with Gasteiger partial charge in [0, 0.05) is 5.75 Å². The van der Waals surface area contributed by atoms with Crippen LogP contribution < -0.4 is 9.47 Å². The Kier molecular flexibility index (Phi) is 2.56. The molecule has 2 rings (SSSR count). The van der Waals surface area contributed by atoms with Gasteiger partial charge in [-0.2, -0.15) is 12.6 Å². The van der Waals surface area contributed by atoms with Crippen LogP contribution in [0.2, 0.25) is 5.02 Å². The highest BCUT2D eigenvalue weighted by molar-refractivity contribution is 7.79. The summed E-state index contributed by atoms with van der Waals surface area (Å²) in [5.41, 5.74) is 1.04. The van der Waals surface area contributed by atoms with Crippen molar-refractivity contribution in [3.63, 3.8) is 0 Å². The molecule has 0 radical (unpaired) electrons. The number of thiol groups is 1. The molecule has 0 aliphatic carbocycles. The molecule has 1 heterocycles. The molecule has 2 nitrogen and oxygen atoms in total. The summed E-state index contributed by atoms with van der Waals surface area (Å²) in [6.07, 6.45) is 0. The normalized spacial score (nSPS) is 14.3. The standard InChI is InChI=1S/C9H9ClO2S/c10-7-3-6(5-13)4-8-9(7)12-2-1-11-8/h3-4,13H,1-2,5H2. The Labute approximate surface area is 87.2 Å². The maximum absolute atomic E-state index is 5.99. The molecule has 4 heteroatoms. The second-order valence-corrected chi connectivity index (χ2v) is 3.48. The third-order valence-corrected chi connectivity index (χ3v) is 2.49. The van der Waals surface area contributed by atoms with Crippen molar-refractivity contribution in [2.24, 2.45) is 0 Å². The number of hydrogen-bond donors (Lipinski definition) is 1. The highest BCUT2D eigenvalue weighted by atomic mass is 35.5. The quantitative estimate of drug-likeness (QED) is 0.728. The molecule has 0 aromatic heterocycles. The molecule has 0 bridgehead atoms. The predicted molar refractivity (Wildman–Crippen MR) is 55.1 cm³/mol. The van der Waals surface area contributed by atoms with Crippen molar-refractivity contribution >= 4 is 24.2 Å². The Bertz CT molecular complexity index is 328. The summed E-state index contributed by atoms with van der Waals surface area (Å²) in [5, 5.41) is 0.598. The summed E-state index contributed by atoms with van der Waals surface area (Å²) in [4.78, 5) is 0.